The number of aryl methyl sites for hydroxylation is 2. The second-order valence-corrected chi connectivity index (χ2v) is 11.6. The number of carbonyl (C=O) groups is 5. The molecule has 6 amide bonds. The van der Waals surface area contributed by atoms with Gasteiger partial charge < -0.3 is 10.8 Å². The highest BCUT2D eigenvalue weighted by atomic mass is 79.9. The SMILES string of the molecule is Cc1cc(C2C3=CCC4C(=O)N(C(N)=O)C(=O)C4C3CC3(Cl)C(=O)N(CBr)C(=O)C23Cl)cc(C)c1O. The summed E-state index contributed by atoms with van der Waals surface area (Å²) in [6, 6.07) is 2.19. The molecule has 6 atom stereocenters. The number of likely N-dealkylation sites (tertiary alicyclic amines) is 2. The van der Waals surface area contributed by atoms with Gasteiger partial charge in [0.2, 0.25) is 11.8 Å². The molecule has 0 spiro atoms. The summed E-state index contributed by atoms with van der Waals surface area (Å²) in [7, 11) is 0. The third-order valence-electron chi connectivity index (χ3n) is 8.08. The largest absolute Gasteiger partial charge is 0.507 e. The molecule has 0 bridgehead atoms. The zero-order valence-electron chi connectivity index (χ0n) is 19.3. The number of fused-ring (bicyclic) bond motifs is 4. The van der Waals surface area contributed by atoms with Crippen molar-refractivity contribution in [3.8, 4) is 5.75 Å². The molecule has 2 saturated heterocycles. The van der Waals surface area contributed by atoms with E-state index in [1.54, 1.807) is 32.1 Å². The number of amides is 6. The number of imide groups is 4. The van der Waals surface area contributed by atoms with Gasteiger partial charge in [0, 0.05) is 5.92 Å². The van der Waals surface area contributed by atoms with Crippen LogP contribution in [0.1, 0.15) is 35.4 Å². The molecule has 4 aliphatic rings. The molecule has 2 heterocycles. The standard InChI is InChI=1S/C24H22BrCl2N3O6/c1-9-5-11(6-10(2)17(9)31)16-12-3-4-13-15(19(33)30(18(13)32)22(28)36)14(12)7-23(26)20(34)29(8-25)21(35)24(16,23)27/h3,5-6,13-16,31H,4,7-8H2,1-2H3,(H2,28,36). The van der Waals surface area contributed by atoms with Crippen LogP contribution in [0.5, 0.6) is 5.75 Å². The van der Waals surface area contributed by atoms with Gasteiger partial charge in [-0.1, -0.05) is 39.7 Å². The average molecular weight is 599 g/mol. The van der Waals surface area contributed by atoms with E-state index in [0.29, 0.717) is 27.2 Å². The molecule has 12 heteroatoms. The predicted molar refractivity (Wildman–Crippen MR) is 132 cm³/mol. The van der Waals surface area contributed by atoms with Crippen molar-refractivity contribution in [1.29, 1.82) is 0 Å². The summed E-state index contributed by atoms with van der Waals surface area (Å²) in [5.74, 6) is -6.26. The zero-order valence-corrected chi connectivity index (χ0v) is 22.4. The van der Waals surface area contributed by atoms with Crippen LogP contribution in [0, 0.1) is 31.6 Å². The number of halogens is 3. The van der Waals surface area contributed by atoms with E-state index in [4.69, 9.17) is 28.9 Å². The van der Waals surface area contributed by atoms with Gasteiger partial charge in [0.25, 0.3) is 11.8 Å². The quantitative estimate of drug-likeness (QED) is 0.232. The fraction of sp³-hybridized carbons (Fsp3) is 0.458. The molecule has 36 heavy (non-hydrogen) atoms. The number of rotatable bonds is 2. The van der Waals surface area contributed by atoms with Gasteiger partial charge in [-0.15, -0.1) is 23.2 Å². The van der Waals surface area contributed by atoms with Gasteiger partial charge in [-0.25, -0.2) is 4.79 Å². The third kappa shape index (κ3) is 2.92. The van der Waals surface area contributed by atoms with E-state index in [2.05, 4.69) is 15.9 Å². The van der Waals surface area contributed by atoms with E-state index in [-0.39, 0.29) is 24.0 Å². The smallest absolute Gasteiger partial charge is 0.328 e. The lowest BCUT2D eigenvalue weighted by Crippen LogP contribution is -2.60. The van der Waals surface area contributed by atoms with E-state index in [0.717, 1.165) is 4.90 Å². The third-order valence-corrected chi connectivity index (χ3v) is 10.00. The molecule has 1 aromatic rings. The van der Waals surface area contributed by atoms with Gasteiger partial charge in [-0.3, -0.25) is 24.1 Å². The number of urea groups is 1. The Balaban J connectivity index is 1.76. The Labute approximate surface area is 224 Å². The van der Waals surface area contributed by atoms with Crippen molar-refractivity contribution < 1.29 is 29.1 Å². The van der Waals surface area contributed by atoms with E-state index in [1.165, 1.54) is 0 Å². The normalized spacial score (nSPS) is 35.5. The summed E-state index contributed by atoms with van der Waals surface area (Å²) < 4.78 is 0. The van der Waals surface area contributed by atoms with Crippen molar-refractivity contribution >= 4 is 68.8 Å². The number of alkyl halides is 3. The molecule has 0 aromatic heterocycles. The summed E-state index contributed by atoms with van der Waals surface area (Å²) in [6.07, 6.45) is 1.71. The van der Waals surface area contributed by atoms with Gasteiger partial charge in [-0.05, 0) is 49.3 Å². The maximum Gasteiger partial charge on any atom is 0.328 e. The molecular weight excluding hydrogens is 577 g/mol. The monoisotopic (exact) mass is 597 g/mol. The topological polar surface area (TPSA) is 138 Å². The number of aromatic hydroxyl groups is 1. The van der Waals surface area contributed by atoms with Gasteiger partial charge in [-0.2, -0.15) is 4.90 Å². The molecule has 1 aromatic carbocycles. The Kier molecular flexibility index (Phi) is 5.63. The van der Waals surface area contributed by atoms with Crippen molar-refractivity contribution in [3.63, 3.8) is 0 Å². The van der Waals surface area contributed by atoms with Gasteiger partial charge in [0.1, 0.15) is 5.75 Å². The second-order valence-electron chi connectivity index (χ2n) is 9.84. The molecular formula is C24H22BrCl2N3O6. The predicted octanol–water partition coefficient (Wildman–Crippen LogP) is 2.80. The maximum absolute atomic E-state index is 13.7. The number of benzene rings is 1. The number of phenolic OH excluding ortho intramolecular Hbond substituents is 1. The molecule has 3 fully saturated rings. The van der Waals surface area contributed by atoms with E-state index in [1.807, 2.05) is 0 Å². The molecule has 0 radical (unpaired) electrons. The second kappa shape index (κ2) is 8.03. The molecule has 3 N–H and O–H groups in total. The minimum absolute atomic E-state index is 0.0779. The Morgan fingerprint density at radius 3 is 2.28 bits per heavy atom. The van der Waals surface area contributed by atoms with Crippen molar-refractivity contribution in [1.82, 2.24) is 9.80 Å². The fourth-order valence-electron chi connectivity index (χ4n) is 6.50. The van der Waals surface area contributed by atoms with Crippen LogP contribution >= 0.6 is 39.1 Å². The molecule has 9 nitrogen and oxygen atoms in total. The fourth-order valence-corrected chi connectivity index (χ4v) is 7.93. The van der Waals surface area contributed by atoms with Gasteiger partial charge in [0.05, 0.1) is 17.3 Å². The number of nitrogens with two attached hydrogens (primary N) is 1. The lowest BCUT2D eigenvalue weighted by atomic mass is 9.56. The first-order valence-corrected chi connectivity index (χ1v) is 13.2. The number of carbonyl (C=O) groups excluding carboxylic acids is 5. The Morgan fingerprint density at radius 1 is 1.11 bits per heavy atom. The van der Waals surface area contributed by atoms with Crippen LogP contribution in [0.25, 0.3) is 0 Å². The summed E-state index contributed by atoms with van der Waals surface area (Å²) in [5, 5.41) is 10.4. The van der Waals surface area contributed by atoms with Crippen LogP contribution in [0.15, 0.2) is 23.8 Å². The summed E-state index contributed by atoms with van der Waals surface area (Å²) in [5.41, 5.74) is 7.39. The average Bonchev–Trinajstić information content (AvgIpc) is 3.15. The van der Waals surface area contributed by atoms with Crippen LogP contribution in [0.3, 0.4) is 0 Å². The van der Waals surface area contributed by atoms with E-state index < -0.39 is 63.1 Å². The number of nitrogens with zero attached hydrogens (tertiary/aromatic N) is 2. The maximum atomic E-state index is 13.7. The number of phenols is 1. The zero-order chi connectivity index (χ0) is 26.5. The van der Waals surface area contributed by atoms with Crippen LogP contribution in [0.2, 0.25) is 0 Å². The van der Waals surface area contributed by atoms with Crippen LogP contribution in [-0.4, -0.2) is 59.8 Å². The summed E-state index contributed by atoms with van der Waals surface area (Å²) in [4.78, 5) is 62.8. The van der Waals surface area contributed by atoms with E-state index >= 15 is 0 Å². The molecule has 2 aliphatic heterocycles. The Hall–Kier alpha value is -2.43. The van der Waals surface area contributed by atoms with Crippen molar-refractivity contribution in [2.45, 2.75) is 42.4 Å². The highest BCUT2D eigenvalue weighted by molar-refractivity contribution is 9.09. The minimum Gasteiger partial charge on any atom is -0.507 e. The molecule has 190 valence electrons. The van der Waals surface area contributed by atoms with Gasteiger partial charge >= 0.3 is 6.03 Å². The summed E-state index contributed by atoms with van der Waals surface area (Å²) in [6.45, 7) is 3.39. The lowest BCUT2D eigenvalue weighted by Gasteiger charge is -2.50. The molecule has 1 saturated carbocycles. The lowest BCUT2D eigenvalue weighted by molar-refractivity contribution is -0.139. The first-order valence-electron chi connectivity index (χ1n) is 11.3. The highest BCUT2D eigenvalue weighted by Gasteiger charge is 2.76. The number of hydrogen-bond acceptors (Lipinski definition) is 6. The molecule has 5 rings (SSSR count). The van der Waals surface area contributed by atoms with Crippen molar-refractivity contribution in [3.05, 3.63) is 40.5 Å². The van der Waals surface area contributed by atoms with Crippen LogP contribution in [-0.2, 0) is 19.2 Å². The number of hydrogen-bond donors (Lipinski definition) is 2. The molecule has 6 unspecified atom stereocenters. The van der Waals surface area contributed by atoms with Crippen molar-refractivity contribution in [2.75, 3.05) is 5.45 Å². The van der Waals surface area contributed by atoms with E-state index in [9.17, 15) is 29.1 Å². The van der Waals surface area contributed by atoms with Crippen LogP contribution < -0.4 is 5.73 Å². The van der Waals surface area contributed by atoms with Crippen LogP contribution in [0.4, 0.5) is 4.79 Å². The first kappa shape index (κ1) is 25.2. The minimum atomic E-state index is -1.93. The summed E-state index contributed by atoms with van der Waals surface area (Å²) >= 11 is 17.4. The molecule has 2 aliphatic carbocycles. The Bertz CT molecular complexity index is 1290. The first-order chi connectivity index (χ1) is 16.8. The Morgan fingerprint density at radius 2 is 1.72 bits per heavy atom. The highest BCUT2D eigenvalue weighted by Crippen LogP contribution is 2.65. The number of allylic oxidation sites excluding steroid dienone is 2. The van der Waals surface area contributed by atoms with Gasteiger partial charge in [0.15, 0.2) is 9.75 Å². The van der Waals surface area contributed by atoms with Crippen molar-refractivity contribution in [2.24, 2.45) is 23.5 Å². The number of primary amides is 1.